The molecule has 0 saturated carbocycles. The van der Waals surface area contributed by atoms with Gasteiger partial charge < -0.3 is 4.98 Å². The van der Waals surface area contributed by atoms with Crippen LogP contribution in [0.5, 0.6) is 0 Å². The molecule has 0 aliphatic carbocycles. The first-order valence-corrected chi connectivity index (χ1v) is 6.54. The molecular formula is C17H21N. The number of benzene rings is 1. The molecule has 0 saturated heterocycles. The molecule has 1 unspecified atom stereocenters. The van der Waals surface area contributed by atoms with Crippen molar-refractivity contribution in [2.75, 3.05) is 0 Å². The fourth-order valence-corrected chi connectivity index (χ4v) is 2.74. The maximum absolute atomic E-state index is 4.00. The summed E-state index contributed by atoms with van der Waals surface area (Å²) in [4.78, 5) is 3.54. The second kappa shape index (κ2) is 5.26. The van der Waals surface area contributed by atoms with Gasteiger partial charge in [-0.2, -0.15) is 0 Å². The summed E-state index contributed by atoms with van der Waals surface area (Å²) in [6.07, 6.45) is 3.10. The van der Waals surface area contributed by atoms with Crippen molar-refractivity contribution in [3.63, 3.8) is 0 Å². The topological polar surface area (TPSA) is 15.8 Å². The van der Waals surface area contributed by atoms with Crippen LogP contribution in [0, 0.1) is 13.8 Å². The Morgan fingerprint density at radius 3 is 2.39 bits per heavy atom. The Labute approximate surface area is 110 Å². The van der Waals surface area contributed by atoms with Crippen molar-refractivity contribution in [1.29, 1.82) is 0 Å². The van der Waals surface area contributed by atoms with E-state index in [4.69, 9.17) is 0 Å². The van der Waals surface area contributed by atoms with Gasteiger partial charge in [0.1, 0.15) is 0 Å². The number of aromatic amines is 1. The van der Waals surface area contributed by atoms with Crippen molar-refractivity contribution in [1.82, 2.24) is 4.98 Å². The molecule has 18 heavy (non-hydrogen) atoms. The molecule has 1 heteroatoms. The summed E-state index contributed by atoms with van der Waals surface area (Å²) >= 11 is 0. The van der Waals surface area contributed by atoms with Crippen LogP contribution in [0.3, 0.4) is 0 Å². The lowest BCUT2D eigenvalue weighted by Gasteiger charge is -2.13. The highest BCUT2D eigenvalue weighted by Crippen LogP contribution is 2.30. The molecule has 2 rings (SSSR count). The molecule has 1 aromatic heterocycles. The Morgan fingerprint density at radius 2 is 1.89 bits per heavy atom. The summed E-state index contributed by atoms with van der Waals surface area (Å²) in [7, 11) is 0. The summed E-state index contributed by atoms with van der Waals surface area (Å²) in [5.74, 6) is 0.255. The van der Waals surface area contributed by atoms with Gasteiger partial charge in [-0.1, -0.05) is 43.3 Å². The van der Waals surface area contributed by atoms with Crippen LogP contribution in [0.4, 0.5) is 0 Å². The van der Waals surface area contributed by atoms with E-state index in [9.17, 15) is 0 Å². The van der Waals surface area contributed by atoms with Crippen molar-refractivity contribution >= 4 is 0 Å². The van der Waals surface area contributed by atoms with E-state index >= 15 is 0 Å². The maximum Gasteiger partial charge on any atom is 0.0421 e. The largest absolute Gasteiger partial charge is 0.361 e. The number of aromatic nitrogens is 1. The normalized spacial score (nSPS) is 12.4. The average molecular weight is 239 g/mol. The fourth-order valence-electron chi connectivity index (χ4n) is 2.74. The summed E-state index contributed by atoms with van der Waals surface area (Å²) in [5, 5.41) is 0. The van der Waals surface area contributed by atoms with Gasteiger partial charge in [-0.25, -0.2) is 0 Å². The van der Waals surface area contributed by atoms with E-state index in [1.807, 2.05) is 12.1 Å². The first-order valence-electron chi connectivity index (χ1n) is 6.54. The maximum atomic E-state index is 4.00. The van der Waals surface area contributed by atoms with E-state index in [1.165, 1.54) is 28.1 Å². The van der Waals surface area contributed by atoms with Crippen molar-refractivity contribution in [2.45, 2.75) is 33.1 Å². The summed E-state index contributed by atoms with van der Waals surface area (Å²) in [6.45, 7) is 10.6. The van der Waals surface area contributed by atoms with Crippen LogP contribution >= 0.6 is 0 Å². The Hall–Kier alpha value is -1.76. The van der Waals surface area contributed by atoms with E-state index in [0.29, 0.717) is 0 Å². The molecule has 0 aliphatic rings. The number of aryl methyl sites for hydroxylation is 1. The number of nitrogens with one attached hydrogen (secondary N) is 1. The van der Waals surface area contributed by atoms with Crippen molar-refractivity contribution in [2.24, 2.45) is 0 Å². The van der Waals surface area contributed by atoms with Crippen molar-refractivity contribution in [3.8, 4) is 0 Å². The molecular weight excluding hydrogens is 218 g/mol. The third kappa shape index (κ3) is 2.13. The minimum Gasteiger partial charge on any atom is -0.361 e. The van der Waals surface area contributed by atoms with Gasteiger partial charge in [0.05, 0.1) is 0 Å². The zero-order valence-electron chi connectivity index (χ0n) is 11.5. The molecule has 1 heterocycles. The van der Waals surface area contributed by atoms with E-state index in [-0.39, 0.29) is 5.92 Å². The highest BCUT2D eigenvalue weighted by molar-refractivity contribution is 5.43. The lowest BCUT2D eigenvalue weighted by atomic mass is 9.92. The quantitative estimate of drug-likeness (QED) is 0.755. The predicted octanol–water partition coefficient (Wildman–Crippen LogP) is 4.51. The van der Waals surface area contributed by atoms with Gasteiger partial charge in [-0.05, 0) is 37.0 Å². The van der Waals surface area contributed by atoms with Crippen molar-refractivity contribution in [3.05, 3.63) is 71.1 Å². The van der Waals surface area contributed by atoms with E-state index in [1.54, 1.807) is 0 Å². The van der Waals surface area contributed by atoms with Crippen LogP contribution < -0.4 is 0 Å². The molecule has 0 amide bonds. The van der Waals surface area contributed by atoms with Gasteiger partial charge in [0.15, 0.2) is 0 Å². The Balaban J connectivity index is 2.49. The highest BCUT2D eigenvalue weighted by atomic mass is 14.7. The third-order valence-corrected chi connectivity index (χ3v) is 3.69. The van der Waals surface area contributed by atoms with Gasteiger partial charge in [0.25, 0.3) is 0 Å². The van der Waals surface area contributed by atoms with Crippen molar-refractivity contribution < 1.29 is 0 Å². The number of hydrogen-bond acceptors (Lipinski definition) is 0. The average Bonchev–Trinajstić information content (AvgIpc) is 2.67. The van der Waals surface area contributed by atoms with Gasteiger partial charge in [0.2, 0.25) is 0 Å². The molecule has 94 valence electrons. The van der Waals surface area contributed by atoms with Gasteiger partial charge in [-0.3, -0.25) is 0 Å². The molecule has 0 aliphatic heterocycles. The van der Waals surface area contributed by atoms with Gasteiger partial charge >= 0.3 is 0 Å². The zero-order chi connectivity index (χ0) is 13.1. The van der Waals surface area contributed by atoms with Crippen LogP contribution in [0.25, 0.3) is 0 Å². The number of H-pyrrole nitrogens is 1. The van der Waals surface area contributed by atoms with Gasteiger partial charge in [-0.15, -0.1) is 6.58 Å². The molecule has 1 nitrogen and oxygen atoms in total. The van der Waals surface area contributed by atoms with Crippen LogP contribution in [-0.2, 0) is 6.42 Å². The SMILES string of the molecule is C=CC(c1ccccc1)c1[nH]c(C)c(CC)c1C. The third-order valence-electron chi connectivity index (χ3n) is 3.69. The molecule has 1 N–H and O–H groups in total. The molecule has 0 radical (unpaired) electrons. The van der Waals surface area contributed by atoms with E-state index < -0.39 is 0 Å². The first-order chi connectivity index (χ1) is 8.69. The molecule has 2 aromatic rings. The van der Waals surface area contributed by atoms with Crippen LogP contribution in [0.15, 0.2) is 43.0 Å². The standard InChI is InChI=1S/C17H21N/c1-5-15-12(3)17(18-13(15)4)16(6-2)14-10-8-7-9-11-14/h6-11,16,18H,2,5H2,1,3-4H3. The lowest BCUT2D eigenvalue weighted by Crippen LogP contribution is -2.00. The summed E-state index contributed by atoms with van der Waals surface area (Å²) in [5.41, 5.74) is 6.68. The Morgan fingerprint density at radius 1 is 1.22 bits per heavy atom. The first kappa shape index (κ1) is 12.7. The van der Waals surface area contributed by atoms with Crippen LogP contribution in [-0.4, -0.2) is 4.98 Å². The smallest absolute Gasteiger partial charge is 0.0421 e. The van der Waals surface area contributed by atoms with E-state index in [2.05, 4.69) is 56.6 Å². The minimum absolute atomic E-state index is 0.255. The van der Waals surface area contributed by atoms with Gasteiger partial charge in [0, 0.05) is 17.3 Å². The molecule has 0 bridgehead atoms. The Kier molecular flexibility index (Phi) is 3.71. The molecule has 0 fully saturated rings. The van der Waals surface area contributed by atoms with Crippen LogP contribution in [0.1, 0.15) is 40.9 Å². The molecule has 1 aromatic carbocycles. The van der Waals surface area contributed by atoms with E-state index in [0.717, 1.165) is 6.42 Å². The minimum atomic E-state index is 0.255. The highest BCUT2D eigenvalue weighted by Gasteiger charge is 2.17. The monoisotopic (exact) mass is 239 g/mol. The predicted molar refractivity (Wildman–Crippen MR) is 78.1 cm³/mol. The summed E-state index contributed by atoms with van der Waals surface area (Å²) < 4.78 is 0. The molecule has 0 spiro atoms. The number of hydrogen-bond donors (Lipinski definition) is 1. The lowest BCUT2D eigenvalue weighted by molar-refractivity contribution is 0.952. The molecule has 1 atom stereocenters. The second-order valence-corrected chi connectivity index (χ2v) is 4.74. The summed E-state index contributed by atoms with van der Waals surface area (Å²) in [6, 6.07) is 10.5. The Bertz CT molecular complexity index is 534. The van der Waals surface area contributed by atoms with Crippen LogP contribution in [0.2, 0.25) is 0 Å². The number of rotatable bonds is 4. The second-order valence-electron chi connectivity index (χ2n) is 4.74. The zero-order valence-corrected chi connectivity index (χ0v) is 11.5. The fraction of sp³-hybridized carbons (Fsp3) is 0.294. The number of allylic oxidation sites excluding steroid dienone is 1.